The van der Waals surface area contributed by atoms with Crippen LogP contribution >= 0.6 is 0 Å². The van der Waals surface area contributed by atoms with E-state index >= 15 is 0 Å². The van der Waals surface area contributed by atoms with E-state index in [0.717, 1.165) is 12.1 Å². The first-order chi connectivity index (χ1) is 15.3. The highest BCUT2D eigenvalue weighted by atomic mass is 19.1. The maximum Gasteiger partial charge on any atom is 0.269 e. The number of non-ortho nitro benzene ring substituents is 1. The molecule has 0 unspecified atom stereocenters. The highest BCUT2D eigenvalue weighted by Gasteiger charge is 2.39. The largest absolute Gasteiger partial charge is 0.362 e. The Morgan fingerprint density at radius 3 is 2.69 bits per heavy atom. The van der Waals surface area contributed by atoms with Gasteiger partial charge in [0.2, 0.25) is 0 Å². The monoisotopic (exact) mass is 439 g/mol. The number of benzene rings is 2. The molecule has 9 heteroatoms. The highest BCUT2D eigenvalue weighted by Crippen LogP contribution is 2.43. The number of hydrogen-bond acceptors (Lipinski definition) is 5. The number of nitro groups is 1. The van der Waals surface area contributed by atoms with Gasteiger partial charge in [-0.05, 0) is 37.5 Å². The maximum atomic E-state index is 14.1. The zero-order valence-electron chi connectivity index (χ0n) is 17.1. The number of hydrogen-bond donors (Lipinski definition) is 2. The van der Waals surface area contributed by atoms with Crippen LogP contribution in [-0.2, 0) is 9.59 Å². The molecular weight excluding hydrogens is 420 g/mol. The van der Waals surface area contributed by atoms with Crippen molar-refractivity contribution in [3.63, 3.8) is 0 Å². The molecule has 2 N–H and O–H groups in total. The number of halogens is 2. The lowest BCUT2D eigenvalue weighted by Gasteiger charge is -2.34. The third kappa shape index (κ3) is 3.89. The highest BCUT2D eigenvalue weighted by molar-refractivity contribution is 6.09. The number of carbonyl (C=O) groups is 2. The number of Topliss-reactive ketones (excluding diaryl/α,β-unsaturated/α-hetero) is 1. The van der Waals surface area contributed by atoms with Crippen LogP contribution in [0.1, 0.15) is 37.7 Å². The van der Waals surface area contributed by atoms with Gasteiger partial charge >= 0.3 is 0 Å². The van der Waals surface area contributed by atoms with Crippen molar-refractivity contribution >= 4 is 23.1 Å². The van der Waals surface area contributed by atoms with E-state index in [2.05, 4.69) is 10.6 Å². The number of dihydropyridines is 1. The molecule has 7 nitrogen and oxygen atoms in total. The van der Waals surface area contributed by atoms with Gasteiger partial charge in [0, 0.05) is 53.1 Å². The van der Waals surface area contributed by atoms with E-state index in [1.807, 2.05) is 0 Å². The minimum Gasteiger partial charge on any atom is -0.362 e. The number of nitrogens with one attached hydrogen (secondary N) is 2. The Hall–Kier alpha value is -3.88. The number of ketones is 1. The van der Waals surface area contributed by atoms with Gasteiger partial charge in [-0.15, -0.1) is 0 Å². The van der Waals surface area contributed by atoms with Crippen LogP contribution in [-0.4, -0.2) is 16.6 Å². The Kier molecular flexibility index (Phi) is 5.56. The quantitative estimate of drug-likeness (QED) is 0.540. The summed E-state index contributed by atoms with van der Waals surface area (Å²) in [4.78, 5) is 36.9. The van der Waals surface area contributed by atoms with Crippen molar-refractivity contribution in [1.82, 2.24) is 5.32 Å². The first kappa shape index (κ1) is 21.4. The molecule has 1 atom stereocenters. The Balaban J connectivity index is 1.82. The fraction of sp³-hybridized carbons (Fsp3) is 0.217. The summed E-state index contributed by atoms with van der Waals surface area (Å²) >= 11 is 0. The maximum absolute atomic E-state index is 14.1. The summed E-state index contributed by atoms with van der Waals surface area (Å²) in [5.41, 5.74) is 1.68. The second-order valence-corrected chi connectivity index (χ2v) is 7.70. The third-order valence-electron chi connectivity index (χ3n) is 5.61. The van der Waals surface area contributed by atoms with Crippen LogP contribution in [0.2, 0.25) is 0 Å². The summed E-state index contributed by atoms with van der Waals surface area (Å²) in [7, 11) is 0. The number of allylic oxidation sites excluding steroid dienone is 3. The Morgan fingerprint density at radius 2 is 1.97 bits per heavy atom. The van der Waals surface area contributed by atoms with Crippen LogP contribution < -0.4 is 10.6 Å². The van der Waals surface area contributed by atoms with Crippen LogP contribution in [0.5, 0.6) is 0 Å². The summed E-state index contributed by atoms with van der Waals surface area (Å²) in [6.07, 6.45) is 1.56. The van der Waals surface area contributed by atoms with Crippen LogP contribution in [0, 0.1) is 21.7 Å². The fourth-order valence-electron chi connectivity index (χ4n) is 4.22. The van der Waals surface area contributed by atoms with E-state index in [4.69, 9.17) is 0 Å². The van der Waals surface area contributed by atoms with Crippen molar-refractivity contribution in [2.24, 2.45) is 0 Å². The van der Waals surface area contributed by atoms with Gasteiger partial charge in [0.1, 0.15) is 11.6 Å². The lowest BCUT2D eigenvalue weighted by Crippen LogP contribution is -2.35. The van der Waals surface area contributed by atoms with Gasteiger partial charge in [-0.1, -0.05) is 12.1 Å². The van der Waals surface area contributed by atoms with Crippen molar-refractivity contribution in [2.75, 3.05) is 5.32 Å². The minimum atomic E-state index is -0.944. The van der Waals surface area contributed by atoms with Crippen molar-refractivity contribution < 1.29 is 23.3 Å². The number of nitro benzene ring substituents is 1. The van der Waals surface area contributed by atoms with E-state index < -0.39 is 28.4 Å². The molecule has 32 heavy (non-hydrogen) atoms. The standard InChI is InChI=1S/C23H19F2N3O4/c1-12-20(23(30)27-17-9-8-14(24)11-16(17)25)21(13-4-2-5-15(10-13)28(31)32)22-18(26-12)6-3-7-19(22)29/h2,4-5,8-11,21,26H,3,6-7H2,1H3,(H,27,30)/t21-/m1/s1. The SMILES string of the molecule is CC1=C(C(=O)Nc2ccc(F)cc2F)[C@@H](c2cccc([N+](=O)[O-])c2)C2=C(CCCC2=O)N1. The third-order valence-corrected chi connectivity index (χ3v) is 5.61. The van der Waals surface area contributed by atoms with Gasteiger partial charge in [0.25, 0.3) is 11.6 Å². The second kappa shape index (κ2) is 8.33. The van der Waals surface area contributed by atoms with Gasteiger partial charge in [-0.25, -0.2) is 8.78 Å². The molecule has 0 saturated heterocycles. The fourth-order valence-corrected chi connectivity index (χ4v) is 4.22. The number of anilines is 1. The van der Waals surface area contributed by atoms with Crippen LogP contribution in [0.15, 0.2) is 65.0 Å². The average Bonchev–Trinajstić information content (AvgIpc) is 2.75. The van der Waals surface area contributed by atoms with E-state index in [9.17, 15) is 28.5 Å². The van der Waals surface area contributed by atoms with Gasteiger partial charge in [0.05, 0.1) is 10.6 Å². The smallest absolute Gasteiger partial charge is 0.269 e. The summed E-state index contributed by atoms with van der Waals surface area (Å²) in [5, 5.41) is 16.9. The molecular formula is C23H19F2N3O4. The van der Waals surface area contributed by atoms with Gasteiger partial charge in [0.15, 0.2) is 5.78 Å². The van der Waals surface area contributed by atoms with Crippen molar-refractivity contribution in [3.05, 3.63) is 92.3 Å². The molecule has 0 radical (unpaired) electrons. The summed E-state index contributed by atoms with van der Waals surface area (Å²) in [6, 6.07) is 8.55. The number of rotatable bonds is 4. The van der Waals surface area contributed by atoms with E-state index in [-0.39, 0.29) is 22.7 Å². The zero-order valence-corrected chi connectivity index (χ0v) is 17.1. The molecule has 1 aliphatic carbocycles. The molecule has 0 saturated carbocycles. The lowest BCUT2D eigenvalue weighted by molar-refractivity contribution is -0.384. The lowest BCUT2D eigenvalue weighted by atomic mass is 9.75. The second-order valence-electron chi connectivity index (χ2n) is 7.70. The molecule has 1 aliphatic heterocycles. The van der Waals surface area contributed by atoms with Crippen molar-refractivity contribution in [1.29, 1.82) is 0 Å². The Morgan fingerprint density at radius 1 is 1.19 bits per heavy atom. The van der Waals surface area contributed by atoms with Crippen molar-refractivity contribution in [2.45, 2.75) is 32.1 Å². The first-order valence-corrected chi connectivity index (χ1v) is 10.0. The summed E-state index contributed by atoms with van der Waals surface area (Å²) in [5.74, 6) is -3.43. The molecule has 0 bridgehead atoms. The average molecular weight is 439 g/mol. The molecule has 164 valence electrons. The molecule has 4 rings (SSSR count). The zero-order chi connectivity index (χ0) is 23.0. The molecule has 2 aromatic carbocycles. The van der Waals surface area contributed by atoms with Gasteiger partial charge < -0.3 is 10.6 Å². The van der Waals surface area contributed by atoms with Gasteiger partial charge in [-0.2, -0.15) is 0 Å². The van der Waals surface area contributed by atoms with E-state index in [1.165, 1.54) is 18.2 Å². The summed E-state index contributed by atoms with van der Waals surface area (Å²) < 4.78 is 27.4. The van der Waals surface area contributed by atoms with Crippen LogP contribution in [0.25, 0.3) is 0 Å². The van der Waals surface area contributed by atoms with Crippen LogP contribution in [0.4, 0.5) is 20.2 Å². The van der Waals surface area contributed by atoms with Crippen LogP contribution in [0.3, 0.4) is 0 Å². The number of nitrogens with zero attached hydrogens (tertiary/aromatic N) is 1. The Bertz CT molecular complexity index is 1220. The molecule has 0 spiro atoms. The molecule has 1 heterocycles. The predicted octanol–water partition coefficient (Wildman–Crippen LogP) is 4.48. The van der Waals surface area contributed by atoms with E-state index in [0.29, 0.717) is 47.9 Å². The molecule has 0 aromatic heterocycles. The molecule has 2 aromatic rings. The topological polar surface area (TPSA) is 101 Å². The summed E-state index contributed by atoms with van der Waals surface area (Å²) in [6.45, 7) is 1.66. The Labute approximate surface area is 182 Å². The molecule has 0 fully saturated rings. The molecule has 1 amide bonds. The van der Waals surface area contributed by atoms with Crippen molar-refractivity contribution in [3.8, 4) is 0 Å². The molecule has 2 aliphatic rings. The minimum absolute atomic E-state index is 0.142. The predicted molar refractivity (Wildman–Crippen MR) is 113 cm³/mol. The van der Waals surface area contributed by atoms with Gasteiger partial charge in [-0.3, -0.25) is 19.7 Å². The first-order valence-electron chi connectivity index (χ1n) is 10.0. The van der Waals surface area contributed by atoms with E-state index in [1.54, 1.807) is 13.0 Å². The number of amides is 1. The normalized spacial score (nSPS) is 18.2. The number of carbonyl (C=O) groups excluding carboxylic acids is 2.